The average Bonchev–Trinajstić information content (AvgIpc) is 2.77. The number of ether oxygens (including phenoxy) is 1. The van der Waals surface area contributed by atoms with E-state index in [1.165, 1.54) is 6.08 Å². The summed E-state index contributed by atoms with van der Waals surface area (Å²) in [5, 5.41) is 21.1. The average molecular weight is 379 g/mol. The van der Waals surface area contributed by atoms with E-state index in [2.05, 4.69) is 11.4 Å². The van der Waals surface area contributed by atoms with Gasteiger partial charge in [0, 0.05) is 11.3 Å². The van der Waals surface area contributed by atoms with Gasteiger partial charge in [-0.2, -0.15) is 10.5 Å². The molecule has 1 N–H and O–H groups in total. The first-order valence-corrected chi connectivity index (χ1v) is 8.88. The summed E-state index contributed by atoms with van der Waals surface area (Å²) in [6.07, 6.45) is 1.52. The number of nitriles is 2. The molecule has 0 aliphatic rings. The Kier molecular flexibility index (Phi) is 6.39. The number of rotatable bonds is 6. The summed E-state index contributed by atoms with van der Waals surface area (Å²) >= 11 is 0. The van der Waals surface area contributed by atoms with Crippen LogP contribution in [0.25, 0.3) is 6.08 Å². The number of hydrogen-bond acceptors (Lipinski definition) is 4. The highest BCUT2D eigenvalue weighted by Crippen LogP contribution is 2.18. The van der Waals surface area contributed by atoms with Gasteiger partial charge in [-0.05, 0) is 42.0 Å². The van der Waals surface area contributed by atoms with E-state index in [0.29, 0.717) is 22.6 Å². The van der Waals surface area contributed by atoms with E-state index in [-0.39, 0.29) is 12.2 Å². The lowest BCUT2D eigenvalue weighted by Gasteiger charge is -2.08. The molecule has 0 atom stereocenters. The molecule has 5 nitrogen and oxygen atoms in total. The minimum Gasteiger partial charge on any atom is -0.489 e. The molecule has 0 spiro atoms. The van der Waals surface area contributed by atoms with Crippen LogP contribution in [0.3, 0.4) is 0 Å². The Bertz CT molecular complexity index is 1110. The number of carbonyl (C=O) groups is 1. The lowest BCUT2D eigenvalue weighted by atomic mass is 10.1. The number of nitrogens with zero attached hydrogens (tertiary/aromatic N) is 2. The topological polar surface area (TPSA) is 85.9 Å². The molecule has 140 valence electrons. The van der Waals surface area contributed by atoms with Gasteiger partial charge in [0.2, 0.25) is 0 Å². The quantitative estimate of drug-likeness (QED) is 0.497. The van der Waals surface area contributed by atoms with E-state index in [4.69, 9.17) is 10.00 Å². The smallest absolute Gasteiger partial charge is 0.266 e. The molecule has 1 amide bonds. The Morgan fingerprint density at radius 3 is 2.31 bits per heavy atom. The van der Waals surface area contributed by atoms with Crippen molar-refractivity contribution in [2.45, 2.75) is 6.61 Å². The van der Waals surface area contributed by atoms with Crippen LogP contribution < -0.4 is 10.1 Å². The fourth-order valence-electron chi connectivity index (χ4n) is 2.61. The molecule has 3 aromatic rings. The van der Waals surface area contributed by atoms with Crippen molar-refractivity contribution in [3.05, 3.63) is 101 Å². The second-order valence-electron chi connectivity index (χ2n) is 6.12. The van der Waals surface area contributed by atoms with Crippen molar-refractivity contribution < 1.29 is 9.53 Å². The largest absolute Gasteiger partial charge is 0.489 e. The molecule has 0 fully saturated rings. The van der Waals surface area contributed by atoms with Crippen molar-refractivity contribution in [1.82, 2.24) is 0 Å². The van der Waals surface area contributed by atoms with Gasteiger partial charge in [0.05, 0.1) is 11.6 Å². The van der Waals surface area contributed by atoms with Gasteiger partial charge in [0.25, 0.3) is 5.91 Å². The molecule has 3 aromatic carbocycles. The maximum atomic E-state index is 12.3. The number of anilines is 1. The summed E-state index contributed by atoms with van der Waals surface area (Å²) in [5.41, 5.74) is 2.72. The van der Waals surface area contributed by atoms with E-state index in [9.17, 15) is 10.1 Å². The SMILES string of the molecule is N#CC(=Cc1ccc(OCc2ccccc2C#N)cc1)C(=O)Nc1ccccc1. The van der Waals surface area contributed by atoms with Crippen LogP contribution in [0.5, 0.6) is 5.75 Å². The van der Waals surface area contributed by atoms with Crippen molar-refractivity contribution in [3.63, 3.8) is 0 Å². The maximum Gasteiger partial charge on any atom is 0.266 e. The van der Waals surface area contributed by atoms with Gasteiger partial charge in [-0.15, -0.1) is 0 Å². The Labute approximate surface area is 169 Å². The van der Waals surface area contributed by atoms with Gasteiger partial charge in [-0.25, -0.2) is 0 Å². The molecule has 0 unspecified atom stereocenters. The molecule has 0 aromatic heterocycles. The molecular weight excluding hydrogens is 362 g/mol. The van der Waals surface area contributed by atoms with E-state index in [0.717, 1.165) is 5.56 Å². The predicted octanol–water partition coefficient (Wildman–Crippen LogP) is 4.68. The second-order valence-corrected chi connectivity index (χ2v) is 6.12. The summed E-state index contributed by atoms with van der Waals surface area (Å²) in [5.74, 6) is 0.161. The summed E-state index contributed by atoms with van der Waals surface area (Å²) in [6, 6.07) is 27.3. The lowest BCUT2D eigenvalue weighted by molar-refractivity contribution is -0.112. The summed E-state index contributed by atoms with van der Waals surface area (Å²) in [7, 11) is 0. The van der Waals surface area contributed by atoms with Crippen LogP contribution in [0.1, 0.15) is 16.7 Å². The number of amides is 1. The zero-order valence-corrected chi connectivity index (χ0v) is 15.5. The summed E-state index contributed by atoms with van der Waals surface area (Å²) in [6.45, 7) is 0.280. The highest BCUT2D eigenvalue weighted by Gasteiger charge is 2.09. The van der Waals surface area contributed by atoms with E-state index >= 15 is 0 Å². The van der Waals surface area contributed by atoms with Crippen molar-refractivity contribution in [2.24, 2.45) is 0 Å². The first-order chi connectivity index (χ1) is 14.2. The third-order valence-corrected chi connectivity index (χ3v) is 4.12. The van der Waals surface area contributed by atoms with Crippen molar-refractivity contribution in [2.75, 3.05) is 5.32 Å². The third-order valence-electron chi connectivity index (χ3n) is 4.12. The fourth-order valence-corrected chi connectivity index (χ4v) is 2.61. The van der Waals surface area contributed by atoms with Crippen LogP contribution in [0.15, 0.2) is 84.4 Å². The fraction of sp³-hybridized carbons (Fsp3) is 0.0417. The van der Waals surface area contributed by atoms with Crippen molar-refractivity contribution in [3.8, 4) is 17.9 Å². The minimum atomic E-state index is -0.466. The standard InChI is InChI=1S/C24H17N3O2/c25-15-19-6-4-5-7-20(19)17-29-23-12-10-18(11-13-23)14-21(16-26)24(28)27-22-8-2-1-3-9-22/h1-14H,17H2,(H,27,28). The molecule has 3 rings (SSSR count). The molecule has 0 aliphatic carbocycles. The van der Waals surface area contributed by atoms with Crippen molar-refractivity contribution >= 4 is 17.7 Å². The molecule has 0 bridgehead atoms. The second kappa shape index (κ2) is 9.55. The molecule has 0 radical (unpaired) electrons. The van der Waals surface area contributed by atoms with Crippen LogP contribution in [0.4, 0.5) is 5.69 Å². The van der Waals surface area contributed by atoms with Crippen LogP contribution >= 0.6 is 0 Å². The Hall–Kier alpha value is -4.35. The number of para-hydroxylation sites is 1. The number of benzene rings is 3. The Morgan fingerprint density at radius 1 is 0.931 bits per heavy atom. The Balaban J connectivity index is 1.66. The number of hydrogen-bond donors (Lipinski definition) is 1. The van der Waals surface area contributed by atoms with Gasteiger partial charge in [-0.3, -0.25) is 4.79 Å². The predicted molar refractivity (Wildman–Crippen MR) is 111 cm³/mol. The first kappa shape index (κ1) is 19.4. The molecule has 29 heavy (non-hydrogen) atoms. The lowest BCUT2D eigenvalue weighted by Crippen LogP contribution is -2.13. The highest BCUT2D eigenvalue weighted by molar-refractivity contribution is 6.09. The maximum absolute atomic E-state index is 12.3. The first-order valence-electron chi connectivity index (χ1n) is 8.88. The van der Waals surface area contributed by atoms with Crippen LogP contribution in [-0.2, 0) is 11.4 Å². The van der Waals surface area contributed by atoms with Crippen LogP contribution in [0.2, 0.25) is 0 Å². The van der Waals surface area contributed by atoms with E-state index in [1.54, 1.807) is 54.6 Å². The minimum absolute atomic E-state index is 0.00506. The normalized spacial score (nSPS) is 10.5. The molecule has 0 saturated heterocycles. The van der Waals surface area contributed by atoms with Crippen LogP contribution in [-0.4, -0.2) is 5.91 Å². The zero-order valence-electron chi connectivity index (χ0n) is 15.5. The third kappa shape index (κ3) is 5.32. The van der Waals surface area contributed by atoms with Gasteiger partial charge >= 0.3 is 0 Å². The summed E-state index contributed by atoms with van der Waals surface area (Å²) in [4.78, 5) is 12.3. The number of carbonyl (C=O) groups excluding carboxylic acids is 1. The van der Waals surface area contributed by atoms with Gasteiger partial charge in [-0.1, -0.05) is 48.5 Å². The molecule has 5 heteroatoms. The zero-order chi connectivity index (χ0) is 20.5. The van der Waals surface area contributed by atoms with Crippen molar-refractivity contribution in [1.29, 1.82) is 10.5 Å². The summed E-state index contributed by atoms with van der Waals surface area (Å²) < 4.78 is 5.73. The molecular formula is C24H17N3O2. The number of nitrogens with one attached hydrogen (secondary N) is 1. The molecule has 0 heterocycles. The van der Waals surface area contributed by atoms with E-state index < -0.39 is 5.91 Å². The van der Waals surface area contributed by atoms with Gasteiger partial charge in [0.15, 0.2) is 0 Å². The van der Waals surface area contributed by atoms with E-state index in [1.807, 2.05) is 30.3 Å². The van der Waals surface area contributed by atoms with Gasteiger partial charge < -0.3 is 10.1 Å². The molecule has 0 saturated carbocycles. The highest BCUT2D eigenvalue weighted by atomic mass is 16.5. The molecule has 0 aliphatic heterocycles. The Morgan fingerprint density at radius 2 is 1.62 bits per heavy atom. The monoisotopic (exact) mass is 379 g/mol. The van der Waals surface area contributed by atoms with Crippen LogP contribution in [0, 0.1) is 22.7 Å². The van der Waals surface area contributed by atoms with Gasteiger partial charge in [0.1, 0.15) is 24.0 Å².